The SMILES string of the molecule is C/C=C(/C(=O)NC)C(C)(C)C. The number of carbonyl (C=O) groups is 1. The monoisotopic (exact) mass is 155 g/mol. The third-order valence-electron chi connectivity index (χ3n) is 1.57. The van der Waals surface area contributed by atoms with Crippen LogP contribution in [0.3, 0.4) is 0 Å². The van der Waals surface area contributed by atoms with Crippen LogP contribution in [0.25, 0.3) is 0 Å². The van der Waals surface area contributed by atoms with Crippen molar-refractivity contribution in [1.29, 1.82) is 0 Å². The zero-order valence-corrected chi connectivity index (χ0v) is 7.99. The fourth-order valence-electron chi connectivity index (χ4n) is 1.04. The summed E-state index contributed by atoms with van der Waals surface area (Å²) in [5.74, 6) is 0.0139. The van der Waals surface area contributed by atoms with Gasteiger partial charge in [0.1, 0.15) is 0 Å². The van der Waals surface area contributed by atoms with Crippen molar-refractivity contribution >= 4 is 5.91 Å². The first-order valence-corrected chi connectivity index (χ1v) is 3.82. The fraction of sp³-hybridized carbons (Fsp3) is 0.667. The van der Waals surface area contributed by atoms with E-state index in [0.29, 0.717) is 0 Å². The molecule has 0 aromatic carbocycles. The summed E-state index contributed by atoms with van der Waals surface area (Å²) in [6, 6.07) is 0. The average molecular weight is 155 g/mol. The summed E-state index contributed by atoms with van der Waals surface area (Å²) in [4.78, 5) is 11.2. The predicted octanol–water partition coefficient (Wildman–Crippen LogP) is 1.72. The Bertz CT molecular complexity index is 174. The van der Waals surface area contributed by atoms with Crippen molar-refractivity contribution in [3.05, 3.63) is 11.6 Å². The maximum Gasteiger partial charge on any atom is 0.247 e. The standard InChI is InChI=1S/C9H17NO/c1-6-7(8(11)10-5)9(2,3)4/h6H,1-5H3,(H,10,11)/b7-6-. The van der Waals surface area contributed by atoms with Gasteiger partial charge >= 0.3 is 0 Å². The van der Waals surface area contributed by atoms with Gasteiger partial charge in [-0.25, -0.2) is 0 Å². The Hall–Kier alpha value is -0.790. The van der Waals surface area contributed by atoms with Crippen molar-refractivity contribution in [3.63, 3.8) is 0 Å². The topological polar surface area (TPSA) is 29.1 Å². The van der Waals surface area contributed by atoms with Gasteiger partial charge in [0.2, 0.25) is 5.91 Å². The van der Waals surface area contributed by atoms with Crippen LogP contribution in [0, 0.1) is 5.41 Å². The number of nitrogens with one attached hydrogen (secondary N) is 1. The molecular formula is C9H17NO. The molecule has 0 spiro atoms. The third kappa shape index (κ3) is 2.74. The first kappa shape index (κ1) is 10.2. The fourth-order valence-corrected chi connectivity index (χ4v) is 1.04. The largest absolute Gasteiger partial charge is 0.355 e. The van der Waals surface area contributed by atoms with Gasteiger partial charge in [-0.05, 0) is 12.3 Å². The van der Waals surface area contributed by atoms with Crippen molar-refractivity contribution in [1.82, 2.24) is 5.32 Å². The molecule has 0 fully saturated rings. The van der Waals surface area contributed by atoms with Gasteiger partial charge in [0, 0.05) is 12.6 Å². The average Bonchev–Trinajstić information content (AvgIpc) is 1.86. The van der Waals surface area contributed by atoms with Gasteiger partial charge in [0.15, 0.2) is 0 Å². The van der Waals surface area contributed by atoms with Gasteiger partial charge < -0.3 is 5.32 Å². The van der Waals surface area contributed by atoms with E-state index in [1.165, 1.54) is 0 Å². The molecule has 0 aliphatic carbocycles. The highest BCUT2D eigenvalue weighted by molar-refractivity contribution is 5.94. The molecule has 0 atom stereocenters. The van der Waals surface area contributed by atoms with Gasteiger partial charge in [0.05, 0.1) is 0 Å². The quantitative estimate of drug-likeness (QED) is 0.574. The second-order valence-corrected chi connectivity index (χ2v) is 3.53. The summed E-state index contributed by atoms with van der Waals surface area (Å²) in [5.41, 5.74) is 0.773. The number of likely N-dealkylation sites (N-methyl/N-ethyl adjacent to an activating group) is 1. The van der Waals surface area contributed by atoms with Crippen LogP contribution in [0.2, 0.25) is 0 Å². The Morgan fingerprint density at radius 3 is 1.91 bits per heavy atom. The number of amides is 1. The van der Waals surface area contributed by atoms with E-state index < -0.39 is 0 Å². The van der Waals surface area contributed by atoms with Crippen molar-refractivity contribution in [2.45, 2.75) is 27.7 Å². The zero-order valence-electron chi connectivity index (χ0n) is 7.99. The van der Waals surface area contributed by atoms with Crippen molar-refractivity contribution in [2.24, 2.45) is 5.41 Å². The van der Waals surface area contributed by atoms with E-state index in [2.05, 4.69) is 5.32 Å². The lowest BCUT2D eigenvalue weighted by Gasteiger charge is -2.20. The van der Waals surface area contributed by atoms with Crippen molar-refractivity contribution in [2.75, 3.05) is 7.05 Å². The molecule has 0 aliphatic heterocycles. The van der Waals surface area contributed by atoms with Crippen LogP contribution >= 0.6 is 0 Å². The maximum absolute atomic E-state index is 11.2. The molecule has 1 amide bonds. The minimum atomic E-state index is -0.0607. The molecule has 0 unspecified atom stereocenters. The molecule has 0 aromatic rings. The van der Waals surface area contributed by atoms with Gasteiger partial charge in [-0.1, -0.05) is 26.8 Å². The molecule has 0 radical (unpaired) electrons. The summed E-state index contributed by atoms with van der Waals surface area (Å²) in [6.07, 6.45) is 1.86. The molecule has 0 saturated carbocycles. The van der Waals surface area contributed by atoms with E-state index in [1.807, 2.05) is 33.8 Å². The Morgan fingerprint density at radius 2 is 1.82 bits per heavy atom. The minimum Gasteiger partial charge on any atom is -0.355 e. The number of carbonyl (C=O) groups excluding carboxylic acids is 1. The van der Waals surface area contributed by atoms with Gasteiger partial charge in [-0.15, -0.1) is 0 Å². The van der Waals surface area contributed by atoms with Crippen LogP contribution in [0.5, 0.6) is 0 Å². The summed E-state index contributed by atoms with van der Waals surface area (Å²) >= 11 is 0. The molecule has 11 heavy (non-hydrogen) atoms. The second kappa shape index (κ2) is 3.56. The molecular weight excluding hydrogens is 138 g/mol. The minimum absolute atomic E-state index is 0.0139. The molecule has 0 aromatic heterocycles. The Labute approximate surface area is 68.7 Å². The summed E-state index contributed by atoms with van der Waals surface area (Å²) < 4.78 is 0. The van der Waals surface area contributed by atoms with Gasteiger partial charge in [0.25, 0.3) is 0 Å². The van der Waals surface area contributed by atoms with E-state index in [0.717, 1.165) is 5.57 Å². The van der Waals surface area contributed by atoms with Crippen LogP contribution in [0.4, 0.5) is 0 Å². The molecule has 0 rings (SSSR count). The molecule has 0 aliphatic rings. The van der Waals surface area contributed by atoms with Crippen LogP contribution in [0.1, 0.15) is 27.7 Å². The predicted molar refractivity (Wildman–Crippen MR) is 47.3 cm³/mol. The van der Waals surface area contributed by atoms with Crippen LogP contribution in [0.15, 0.2) is 11.6 Å². The van der Waals surface area contributed by atoms with Crippen LogP contribution in [-0.4, -0.2) is 13.0 Å². The smallest absolute Gasteiger partial charge is 0.247 e. The highest BCUT2D eigenvalue weighted by atomic mass is 16.1. The number of hydrogen-bond donors (Lipinski definition) is 1. The Balaban J connectivity index is 4.58. The molecule has 1 N–H and O–H groups in total. The first-order valence-electron chi connectivity index (χ1n) is 3.82. The third-order valence-corrected chi connectivity index (χ3v) is 1.57. The van der Waals surface area contributed by atoms with E-state index in [4.69, 9.17) is 0 Å². The van der Waals surface area contributed by atoms with E-state index in [-0.39, 0.29) is 11.3 Å². The lowest BCUT2D eigenvalue weighted by molar-refractivity contribution is -0.117. The molecule has 0 bridgehead atoms. The number of rotatable bonds is 1. The second-order valence-electron chi connectivity index (χ2n) is 3.53. The van der Waals surface area contributed by atoms with Crippen molar-refractivity contribution in [3.8, 4) is 0 Å². The van der Waals surface area contributed by atoms with E-state index in [9.17, 15) is 4.79 Å². The van der Waals surface area contributed by atoms with Crippen LogP contribution < -0.4 is 5.32 Å². The maximum atomic E-state index is 11.2. The molecule has 2 heteroatoms. The first-order chi connectivity index (χ1) is 4.93. The zero-order chi connectivity index (χ0) is 9.07. The number of hydrogen-bond acceptors (Lipinski definition) is 1. The van der Waals surface area contributed by atoms with Crippen LogP contribution in [-0.2, 0) is 4.79 Å². The highest BCUT2D eigenvalue weighted by Gasteiger charge is 2.21. The highest BCUT2D eigenvalue weighted by Crippen LogP contribution is 2.24. The lowest BCUT2D eigenvalue weighted by atomic mass is 9.86. The summed E-state index contributed by atoms with van der Waals surface area (Å²) in [6.45, 7) is 7.96. The van der Waals surface area contributed by atoms with E-state index in [1.54, 1.807) is 7.05 Å². The molecule has 64 valence electrons. The normalized spacial score (nSPS) is 13.0. The lowest BCUT2D eigenvalue weighted by Crippen LogP contribution is -2.27. The Morgan fingerprint density at radius 1 is 1.36 bits per heavy atom. The van der Waals surface area contributed by atoms with Gasteiger partial charge in [-0.3, -0.25) is 4.79 Å². The molecule has 0 saturated heterocycles. The van der Waals surface area contributed by atoms with Crippen molar-refractivity contribution < 1.29 is 4.79 Å². The van der Waals surface area contributed by atoms with Gasteiger partial charge in [-0.2, -0.15) is 0 Å². The Kier molecular flexibility index (Phi) is 3.30. The summed E-state index contributed by atoms with van der Waals surface area (Å²) in [5, 5.41) is 2.62. The molecule has 0 heterocycles. The summed E-state index contributed by atoms with van der Waals surface area (Å²) in [7, 11) is 1.65. The molecule has 2 nitrogen and oxygen atoms in total. The van der Waals surface area contributed by atoms with E-state index >= 15 is 0 Å². The number of allylic oxidation sites excluding steroid dienone is 1.